The second-order valence-electron chi connectivity index (χ2n) is 6.07. The molecule has 0 aromatic carbocycles. The lowest BCUT2D eigenvalue weighted by Gasteiger charge is -2.16. The van der Waals surface area contributed by atoms with E-state index in [1.807, 2.05) is 18.4 Å². The number of aryl methyl sites for hydroxylation is 1. The number of nitrogens with zero attached hydrogens (tertiary/aromatic N) is 5. The zero-order valence-electron chi connectivity index (χ0n) is 13.4. The number of aromatic nitrogens is 5. The summed E-state index contributed by atoms with van der Waals surface area (Å²) in [6, 6.07) is 1.84. The summed E-state index contributed by atoms with van der Waals surface area (Å²) < 4.78 is 5.67. The molecule has 3 aromatic heterocycles. The third kappa shape index (κ3) is 4.14. The molecular weight excluding hydrogens is 330 g/mol. The van der Waals surface area contributed by atoms with E-state index in [1.165, 1.54) is 11.8 Å². The van der Waals surface area contributed by atoms with E-state index >= 15 is 0 Å². The molecule has 3 aromatic rings. The first-order valence-corrected chi connectivity index (χ1v) is 8.84. The van der Waals surface area contributed by atoms with Crippen molar-refractivity contribution in [2.75, 3.05) is 0 Å². The molecule has 0 spiro atoms. The number of thiazole rings is 1. The summed E-state index contributed by atoms with van der Waals surface area (Å²) >= 11 is 2.96. The van der Waals surface area contributed by atoms with Crippen molar-refractivity contribution in [3.63, 3.8) is 0 Å². The molecule has 3 rings (SSSR count). The lowest BCUT2D eigenvalue weighted by Crippen LogP contribution is -2.15. The van der Waals surface area contributed by atoms with Crippen LogP contribution in [0, 0.1) is 6.92 Å². The minimum absolute atomic E-state index is 0.0982. The van der Waals surface area contributed by atoms with Crippen LogP contribution in [0.5, 0.6) is 0 Å². The van der Waals surface area contributed by atoms with Crippen LogP contribution in [0.2, 0.25) is 0 Å². The quantitative estimate of drug-likeness (QED) is 0.666. The topological polar surface area (TPSA) is 77.6 Å². The van der Waals surface area contributed by atoms with Gasteiger partial charge in [-0.05, 0) is 24.8 Å². The molecule has 0 aliphatic carbocycles. The Morgan fingerprint density at radius 3 is 2.74 bits per heavy atom. The minimum Gasteiger partial charge on any atom is -0.415 e. The van der Waals surface area contributed by atoms with Gasteiger partial charge < -0.3 is 4.42 Å². The van der Waals surface area contributed by atoms with Crippen molar-refractivity contribution in [1.29, 1.82) is 0 Å². The second kappa shape index (κ2) is 6.37. The van der Waals surface area contributed by atoms with E-state index in [9.17, 15) is 0 Å². The SMILES string of the molecule is Cc1nc(Cc2nnc(Sc3ccnc(C(C)(C)C)n3)o2)cs1. The standard InChI is InChI=1S/C15H17N5OS2/c1-9-17-10(8-22-9)7-11-19-20-14(21-11)23-12-5-6-16-13(18-12)15(2,3)4/h5-6,8H,7H2,1-4H3. The van der Waals surface area contributed by atoms with Gasteiger partial charge in [0.25, 0.3) is 5.22 Å². The molecule has 0 N–H and O–H groups in total. The summed E-state index contributed by atoms with van der Waals surface area (Å²) in [4.78, 5) is 13.3. The van der Waals surface area contributed by atoms with Crippen LogP contribution in [0.15, 0.2) is 32.3 Å². The van der Waals surface area contributed by atoms with E-state index in [0.29, 0.717) is 17.5 Å². The van der Waals surface area contributed by atoms with E-state index in [4.69, 9.17) is 4.42 Å². The van der Waals surface area contributed by atoms with Crippen LogP contribution in [0.3, 0.4) is 0 Å². The van der Waals surface area contributed by atoms with Gasteiger partial charge in [0.2, 0.25) is 5.89 Å². The largest absolute Gasteiger partial charge is 0.415 e. The average molecular weight is 347 g/mol. The highest BCUT2D eigenvalue weighted by Crippen LogP contribution is 2.27. The van der Waals surface area contributed by atoms with Crippen LogP contribution in [0.1, 0.15) is 43.2 Å². The first kappa shape index (κ1) is 16.1. The average Bonchev–Trinajstić information content (AvgIpc) is 3.08. The van der Waals surface area contributed by atoms with Gasteiger partial charge in [-0.1, -0.05) is 20.8 Å². The molecule has 8 heteroatoms. The summed E-state index contributed by atoms with van der Waals surface area (Å²) in [5.41, 5.74) is 0.851. The van der Waals surface area contributed by atoms with E-state index in [2.05, 4.69) is 45.9 Å². The highest BCUT2D eigenvalue weighted by atomic mass is 32.2. The smallest absolute Gasteiger partial charge is 0.282 e. The Labute approximate surface area is 142 Å². The molecule has 23 heavy (non-hydrogen) atoms. The van der Waals surface area contributed by atoms with Gasteiger partial charge in [-0.15, -0.1) is 21.5 Å². The van der Waals surface area contributed by atoms with Gasteiger partial charge in [0.1, 0.15) is 10.9 Å². The third-order valence-electron chi connectivity index (χ3n) is 2.94. The number of hydrogen-bond donors (Lipinski definition) is 0. The van der Waals surface area contributed by atoms with E-state index in [0.717, 1.165) is 21.6 Å². The summed E-state index contributed by atoms with van der Waals surface area (Å²) in [5, 5.41) is 12.5. The van der Waals surface area contributed by atoms with Crippen LogP contribution >= 0.6 is 23.1 Å². The second-order valence-corrected chi connectivity index (χ2v) is 8.10. The minimum atomic E-state index is -0.0982. The van der Waals surface area contributed by atoms with Crippen molar-refractivity contribution in [3.8, 4) is 0 Å². The molecule has 0 fully saturated rings. The summed E-state index contributed by atoms with van der Waals surface area (Å²) in [6.45, 7) is 8.22. The Morgan fingerprint density at radius 2 is 2.04 bits per heavy atom. The highest BCUT2D eigenvalue weighted by molar-refractivity contribution is 7.99. The number of rotatable bonds is 4. The Morgan fingerprint density at radius 1 is 1.22 bits per heavy atom. The fourth-order valence-electron chi connectivity index (χ4n) is 1.85. The third-order valence-corrected chi connectivity index (χ3v) is 4.54. The van der Waals surface area contributed by atoms with Crippen molar-refractivity contribution in [2.45, 2.75) is 49.8 Å². The van der Waals surface area contributed by atoms with Crippen molar-refractivity contribution < 1.29 is 4.42 Å². The molecule has 0 aliphatic heterocycles. The molecule has 3 heterocycles. The molecule has 0 aliphatic rings. The molecule has 0 atom stereocenters. The fourth-order valence-corrected chi connectivity index (χ4v) is 3.12. The Hall–Kier alpha value is -1.80. The van der Waals surface area contributed by atoms with Gasteiger partial charge in [-0.3, -0.25) is 0 Å². The highest BCUT2D eigenvalue weighted by Gasteiger charge is 2.18. The van der Waals surface area contributed by atoms with E-state index < -0.39 is 0 Å². The lowest BCUT2D eigenvalue weighted by atomic mass is 9.96. The van der Waals surface area contributed by atoms with Crippen molar-refractivity contribution in [3.05, 3.63) is 40.1 Å². The van der Waals surface area contributed by atoms with Crippen LogP contribution in [0.4, 0.5) is 0 Å². The monoisotopic (exact) mass is 347 g/mol. The molecule has 6 nitrogen and oxygen atoms in total. The maximum atomic E-state index is 5.67. The van der Waals surface area contributed by atoms with Crippen LogP contribution in [0.25, 0.3) is 0 Å². The van der Waals surface area contributed by atoms with Crippen molar-refractivity contribution in [1.82, 2.24) is 25.1 Å². The Balaban J connectivity index is 1.72. The van der Waals surface area contributed by atoms with Gasteiger partial charge in [-0.2, -0.15) is 0 Å². The summed E-state index contributed by atoms with van der Waals surface area (Å²) in [7, 11) is 0. The van der Waals surface area contributed by atoms with Gasteiger partial charge in [0.15, 0.2) is 0 Å². The first-order valence-electron chi connectivity index (χ1n) is 7.15. The molecule has 0 saturated heterocycles. The normalized spacial score (nSPS) is 11.8. The van der Waals surface area contributed by atoms with Crippen LogP contribution in [-0.2, 0) is 11.8 Å². The maximum absolute atomic E-state index is 5.67. The predicted octanol–water partition coefficient (Wildman–Crippen LogP) is 3.66. The van der Waals surface area contributed by atoms with Gasteiger partial charge in [0.05, 0.1) is 17.1 Å². The number of hydrogen-bond acceptors (Lipinski definition) is 8. The molecular formula is C15H17N5OS2. The predicted molar refractivity (Wildman–Crippen MR) is 88.8 cm³/mol. The Kier molecular flexibility index (Phi) is 4.45. The maximum Gasteiger partial charge on any atom is 0.282 e. The molecule has 120 valence electrons. The fraction of sp³-hybridized carbons (Fsp3) is 0.400. The van der Waals surface area contributed by atoms with Crippen LogP contribution in [-0.4, -0.2) is 25.1 Å². The van der Waals surface area contributed by atoms with E-state index in [-0.39, 0.29) is 5.41 Å². The van der Waals surface area contributed by atoms with Gasteiger partial charge >= 0.3 is 0 Å². The van der Waals surface area contributed by atoms with E-state index in [1.54, 1.807) is 17.5 Å². The van der Waals surface area contributed by atoms with Gasteiger partial charge in [0, 0.05) is 17.0 Å². The Bertz CT molecular complexity index is 806. The first-order chi connectivity index (χ1) is 10.9. The molecule has 0 bridgehead atoms. The lowest BCUT2D eigenvalue weighted by molar-refractivity contribution is 0.419. The molecule has 0 amide bonds. The molecule has 0 unspecified atom stereocenters. The zero-order chi connectivity index (χ0) is 16.4. The van der Waals surface area contributed by atoms with Crippen molar-refractivity contribution in [2.24, 2.45) is 0 Å². The molecule has 0 radical (unpaired) electrons. The molecule has 0 saturated carbocycles. The zero-order valence-corrected chi connectivity index (χ0v) is 15.0. The van der Waals surface area contributed by atoms with Gasteiger partial charge in [-0.25, -0.2) is 15.0 Å². The summed E-state index contributed by atoms with van der Waals surface area (Å²) in [5.74, 6) is 1.35. The summed E-state index contributed by atoms with van der Waals surface area (Å²) in [6.07, 6.45) is 2.31. The van der Waals surface area contributed by atoms with Crippen LogP contribution < -0.4 is 0 Å². The van der Waals surface area contributed by atoms with Crippen molar-refractivity contribution >= 4 is 23.1 Å².